The molecule has 0 aliphatic heterocycles. The van der Waals surface area contributed by atoms with E-state index < -0.39 is 0 Å². The topological polar surface area (TPSA) is 43.1 Å². The fourth-order valence-electron chi connectivity index (χ4n) is 3.28. The second-order valence-electron chi connectivity index (χ2n) is 6.23. The molecule has 0 heterocycles. The number of halogens is 1. The maximum absolute atomic E-state index is 13.3. The van der Waals surface area contributed by atoms with E-state index in [0.717, 1.165) is 24.0 Å². The first-order chi connectivity index (χ1) is 9.54. The van der Waals surface area contributed by atoms with Crippen molar-refractivity contribution in [2.45, 2.75) is 51.9 Å². The highest BCUT2D eigenvalue weighted by Crippen LogP contribution is 2.38. The van der Waals surface area contributed by atoms with Gasteiger partial charge in [0.05, 0.1) is 0 Å². The largest absolute Gasteiger partial charge is 0.330 e. The van der Waals surface area contributed by atoms with Crippen LogP contribution in [-0.4, -0.2) is 12.3 Å². The molecule has 110 valence electrons. The van der Waals surface area contributed by atoms with Crippen molar-refractivity contribution >= 4 is 5.78 Å². The minimum atomic E-state index is -0.274. The lowest BCUT2D eigenvalue weighted by molar-refractivity contribution is -0.121. The van der Waals surface area contributed by atoms with Crippen LogP contribution in [0.2, 0.25) is 0 Å². The highest BCUT2D eigenvalue weighted by atomic mass is 19.1. The molecule has 0 amide bonds. The van der Waals surface area contributed by atoms with E-state index in [0.29, 0.717) is 19.4 Å². The van der Waals surface area contributed by atoms with Crippen LogP contribution < -0.4 is 5.73 Å². The predicted octanol–water partition coefficient (Wildman–Crippen LogP) is 3.55. The van der Waals surface area contributed by atoms with E-state index in [9.17, 15) is 9.18 Å². The maximum Gasteiger partial charge on any atom is 0.137 e. The van der Waals surface area contributed by atoms with Crippen molar-refractivity contribution in [1.29, 1.82) is 0 Å². The summed E-state index contributed by atoms with van der Waals surface area (Å²) in [5, 5.41) is 0. The average molecular weight is 277 g/mol. The molecule has 1 aromatic rings. The van der Waals surface area contributed by atoms with Gasteiger partial charge in [0.2, 0.25) is 0 Å². The van der Waals surface area contributed by atoms with E-state index >= 15 is 0 Å². The molecule has 1 fully saturated rings. The van der Waals surface area contributed by atoms with Gasteiger partial charge < -0.3 is 5.73 Å². The number of nitrogens with two attached hydrogens (primary N) is 1. The van der Waals surface area contributed by atoms with Crippen LogP contribution in [0, 0.1) is 18.2 Å². The Morgan fingerprint density at radius 1 is 1.30 bits per heavy atom. The number of hydrogen-bond donors (Lipinski definition) is 1. The molecule has 0 atom stereocenters. The SMILES string of the molecule is Cc1ccc(F)cc1CC(=O)CC1(CN)CCCCC1. The molecule has 0 spiro atoms. The van der Waals surface area contributed by atoms with Crippen LogP contribution in [0.25, 0.3) is 0 Å². The van der Waals surface area contributed by atoms with Gasteiger partial charge in [-0.1, -0.05) is 25.3 Å². The first kappa shape index (κ1) is 15.2. The van der Waals surface area contributed by atoms with Gasteiger partial charge in [0.1, 0.15) is 11.6 Å². The second kappa shape index (κ2) is 6.49. The van der Waals surface area contributed by atoms with Gasteiger partial charge in [0.25, 0.3) is 0 Å². The summed E-state index contributed by atoms with van der Waals surface area (Å²) in [5.41, 5.74) is 7.70. The second-order valence-corrected chi connectivity index (χ2v) is 6.23. The third-order valence-corrected chi connectivity index (χ3v) is 4.62. The summed E-state index contributed by atoms with van der Waals surface area (Å²) in [5.74, 6) is -0.0874. The van der Waals surface area contributed by atoms with Gasteiger partial charge in [0.15, 0.2) is 0 Å². The number of rotatable bonds is 5. The Labute approximate surface area is 120 Å². The Kier molecular flexibility index (Phi) is 4.92. The molecule has 1 aliphatic carbocycles. The van der Waals surface area contributed by atoms with Gasteiger partial charge >= 0.3 is 0 Å². The zero-order valence-electron chi connectivity index (χ0n) is 12.3. The average Bonchev–Trinajstić information content (AvgIpc) is 2.44. The van der Waals surface area contributed by atoms with Gasteiger partial charge in [-0.3, -0.25) is 4.79 Å². The van der Waals surface area contributed by atoms with Crippen molar-refractivity contribution < 1.29 is 9.18 Å². The smallest absolute Gasteiger partial charge is 0.137 e. The monoisotopic (exact) mass is 277 g/mol. The summed E-state index contributed by atoms with van der Waals surface area (Å²) in [6.45, 7) is 2.50. The molecular weight excluding hydrogens is 253 g/mol. The van der Waals surface area contributed by atoms with Crippen LogP contribution in [0.15, 0.2) is 18.2 Å². The van der Waals surface area contributed by atoms with Crippen molar-refractivity contribution in [3.63, 3.8) is 0 Å². The van der Waals surface area contributed by atoms with Crippen LogP contribution in [0.4, 0.5) is 4.39 Å². The Bertz CT molecular complexity index is 478. The van der Waals surface area contributed by atoms with Crippen LogP contribution in [0.5, 0.6) is 0 Å². The van der Waals surface area contributed by atoms with Gasteiger partial charge in [-0.2, -0.15) is 0 Å². The van der Waals surface area contributed by atoms with E-state index in [2.05, 4.69) is 0 Å². The van der Waals surface area contributed by atoms with Gasteiger partial charge in [-0.25, -0.2) is 4.39 Å². The quantitative estimate of drug-likeness (QED) is 0.894. The first-order valence-corrected chi connectivity index (χ1v) is 7.51. The lowest BCUT2D eigenvalue weighted by Crippen LogP contribution is -2.35. The zero-order valence-corrected chi connectivity index (χ0v) is 12.3. The van der Waals surface area contributed by atoms with Gasteiger partial charge in [-0.15, -0.1) is 0 Å². The molecule has 2 nitrogen and oxygen atoms in total. The highest BCUT2D eigenvalue weighted by Gasteiger charge is 2.32. The normalized spacial score (nSPS) is 17.9. The van der Waals surface area contributed by atoms with Gasteiger partial charge in [-0.05, 0) is 55.0 Å². The zero-order chi connectivity index (χ0) is 14.6. The molecule has 2 rings (SSSR count). The molecular formula is C17H24FNO. The van der Waals surface area contributed by atoms with Gasteiger partial charge in [0, 0.05) is 12.8 Å². The summed E-state index contributed by atoms with van der Waals surface area (Å²) in [6, 6.07) is 4.65. The Balaban J connectivity index is 2.02. The summed E-state index contributed by atoms with van der Waals surface area (Å²) < 4.78 is 13.3. The number of Topliss-reactive ketones (excluding diaryl/α,β-unsaturated/α-hetero) is 1. The summed E-state index contributed by atoms with van der Waals surface area (Å²) in [6.07, 6.45) is 6.56. The number of carbonyl (C=O) groups excluding carboxylic acids is 1. The minimum absolute atomic E-state index is 0.00341. The third-order valence-electron chi connectivity index (χ3n) is 4.62. The Morgan fingerprint density at radius 3 is 2.65 bits per heavy atom. The van der Waals surface area contributed by atoms with Crippen LogP contribution in [0.1, 0.15) is 49.7 Å². The van der Waals surface area contributed by atoms with Crippen molar-refractivity contribution in [3.05, 3.63) is 35.1 Å². The van der Waals surface area contributed by atoms with Crippen LogP contribution >= 0.6 is 0 Å². The maximum atomic E-state index is 13.3. The fourth-order valence-corrected chi connectivity index (χ4v) is 3.28. The summed E-state index contributed by atoms with van der Waals surface area (Å²) in [4.78, 5) is 12.3. The number of carbonyl (C=O) groups is 1. The molecule has 0 unspecified atom stereocenters. The predicted molar refractivity (Wildman–Crippen MR) is 79.0 cm³/mol. The lowest BCUT2D eigenvalue weighted by Gasteiger charge is -2.35. The van der Waals surface area contributed by atoms with Crippen molar-refractivity contribution in [2.24, 2.45) is 11.1 Å². The molecule has 0 aromatic heterocycles. The molecule has 0 saturated heterocycles. The molecule has 0 bridgehead atoms. The Hall–Kier alpha value is -1.22. The fraction of sp³-hybridized carbons (Fsp3) is 0.588. The summed E-state index contributed by atoms with van der Waals surface area (Å²) in [7, 11) is 0. The van der Waals surface area contributed by atoms with Crippen LogP contribution in [-0.2, 0) is 11.2 Å². The molecule has 1 aliphatic rings. The molecule has 1 aromatic carbocycles. The van der Waals surface area contributed by atoms with Crippen molar-refractivity contribution in [2.75, 3.05) is 6.54 Å². The molecule has 2 N–H and O–H groups in total. The molecule has 0 radical (unpaired) electrons. The number of ketones is 1. The van der Waals surface area contributed by atoms with E-state index in [4.69, 9.17) is 5.73 Å². The number of benzene rings is 1. The lowest BCUT2D eigenvalue weighted by atomic mass is 9.70. The number of hydrogen-bond acceptors (Lipinski definition) is 2. The third kappa shape index (κ3) is 3.66. The molecule has 1 saturated carbocycles. The Morgan fingerprint density at radius 2 is 2.00 bits per heavy atom. The van der Waals surface area contributed by atoms with E-state index in [1.54, 1.807) is 6.07 Å². The molecule has 20 heavy (non-hydrogen) atoms. The van der Waals surface area contributed by atoms with Crippen molar-refractivity contribution in [1.82, 2.24) is 0 Å². The standard InChI is InChI=1S/C17H24FNO/c1-13-5-6-15(18)9-14(13)10-16(20)11-17(12-19)7-3-2-4-8-17/h5-6,9H,2-4,7-8,10-12,19H2,1H3. The van der Waals surface area contributed by atoms with E-state index in [1.807, 2.05) is 6.92 Å². The van der Waals surface area contributed by atoms with Crippen LogP contribution in [0.3, 0.4) is 0 Å². The minimum Gasteiger partial charge on any atom is -0.330 e. The number of aryl methyl sites for hydroxylation is 1. The first-order valence-electron chi connectivity index (χ1n) is 7.51. The van der Waals surface area contributed by atoms with E-state index in [1.165, 1.54) is 31.4 Å². The molecule has 3 heteroatoms. The summed E-state index contributed by atoms with van der Waals surface area (Å²) >= 11 is 0. The van der Waals surface area contributed by atoms with E-state index in [-0.39, 0.29) is 17.0 Å². The van der Waals surface area contributed by atoms with Crippen molar-refractivity contribution in [3.8, 4) is 0 Å². The highest BCUT2D eigenvalue weighted by molar-refractivity contribution is 5.81.